The monoisotopic (exact) mass is 238 g/mol. The Morgan fingerprint density at radius 3 is 2.93 bits per heavy atom. The van der Waals surface area contributed by atoms with Gasteiger partial charge in [0.1, 0.15) is 0 Å². The number of ether oxygens (including phenoxy) is 2. The summed E-state index contributed by atoms with van der Waals surface area (Å²) >= 11 is 0. The molecule has 90 valence electrons. The van der Waals surface area contributed by atoms with Crippen molar-refractivity contribution in [1.82, 2.24) is 4.72 Å². The highest BCUT2D eigenvalue weighted by molar-refractivity contribution is 7.87. The van der Waals surface area contributed by atoms with Crippen LogP contribution in [0.5, 0.6) is 0 Å². The van der Waals surface area contributed by atoms with E-state index in [2.05, 4.69) is 4.72 Å². The molecule has 1 aliphatic rings. The largest absolute Gasteiger partial charge is 0.379 e. The van der Waals surface area contributed by atoms with Crippen LogP contribution in [0.25, 0.3) is 0 Å². The van der Waals surface area contributed by atoms with Crippen molar-refractivity contribution in [3.63, 3.8) is 0 Å². The fraction of sp³-hybridized carbons (Fsp3) is 1.00. The van der Waals surface area contributed by atoms with Crippen molar-refractivity contribution in [3.05, 3.63) is 0 Å². The Balaban J connectivity index is 1.89. The van der Waals surface area contributed by atoms with E-state index in [9.17, 15) is 8.42 Å². The molecule has 1 saturated heterocycles. The molecule has 0 saturated carbocycles. The Labute approximate surface area is 90.3 Å². The van der Waals surface area contributed by atoms with Gasteiger partial charge < -0.3 is 9.47 Å². The number of nitrogens with one attached hydrogen (secondary N) is 1. The fourth-order valence-electron chi connectivity index (χ4n) is 1.38. The van der Waals surface area contributed by atoms with Crippen LogP contribution in [-0.2, 0) is 19.7 Å². The van der Waals surface area contributed by atoms with E-state index >= 15 is 0 Å². The summed E-state index contributed by atoms with van der Waals surface area (Å²) in [4.78, 5) is 0. The molecule has 1 aliphatic heterocycles. The Kier molecular flexibility index (Phi) is 5.48. The van der Waals surface area contributed by atoms with Gasteiger partial charge in [-0.2, -0.15) is 8.42 Å². The highest BCUT2D eigenvalue weighted by atomic mass is 32.2. The lowest BCUT2D eigenvalue weighted by Crippen LogP contribution is -2.32. The van der Waals surface area contributed by atoms with Crippen LogP contribution < -0.4 is 9.86 Å². The van der Waals surface area contributed by atoms with Gasteiger partial charge >= 0.3 is 0 Å². The molecular weight excluding hydrogens is 220 g/mol. The molecule has 3 N–H and O–H groups in total. The Bertz CT molecular complexity index is 262. The molecule has 1 rings (SSSR count). The summed E-state index contributed by atoms with van der Waals surface area (Å²) in [5.41, 5.74) is 0. The number of hydrogen-bond acceptors (Lipinski definition) is 4. The summed E-state index contributed by atoms with van der Waals surface area (Å²) < 4.78 is 33.8. The van der Waals surface area contributed by atoms with E-state index in [1.807, 2.05) is 0 Å². The second-order valence-electron chi connectivity index (χ2n) is 3.50. The molecule has 15 heavy (non-hydrogen) atoms. The van der Waals surface area contributed by atoms with Crippen molar-refractivity contribution in [1.29, 1.82) is 0 Å². The van der Waals surface area contributed by atoms with Crippen LogP contribution in [0.4, 0.5) is 0 Å². The summed E-state index contributed by atoms with van der Waals surface area (Å²) in [6.45, 7) is 2.24. The molecule has 0 aromatic heterocycles. The fourth-order valence-corrected chi connectivity index (χ4v) is 1.81. The van der Waals surface area contributed by atoms with Crippen molar-refractivity contribution >= 4 is 10.2 Å². The van der Waals surface area contributed by atoms with Crippen LogP contribution in [0.2, 0.25) is 0 Å². The normalized spacial score (nSPS) is 22.1. The van der Waals surface area contributed by atoms with Crippen molar-refractivity contribution < 1.29 is 17.9 Å². The first-order chi connectivity index (χ1) is 7.08. The first-order valence-corrected chi connectivity index (χ1v) is 6.59. The number of nitrogens with two attached hydrogens (primary N) is 1. The first kappa shape index (κ1) is 12.9. The zero-order chi connectivity index (χ0) is 11.1. The smallest absolute Gasteiger partial charge is 0.274 e. The standard InChI is InChI=1S/C8H18N2O4S/c9-15(11,12)10-4-2-5-13-7-8-3-1-6-14-8/h8,10H,1-7H2,(H2,9,11,12). The zero-order valence-corrected chi connectivity index (χ0v) is 9.46. The van der Waals surface area contributed by atoms with E-state index < -0.39 is 10.2 Å². The molecule has 0 bridgehead atoms. The van der Waals surface area contributed by atoms with Gasteiger partial charge in [-0.15, -0.1) is 0 Å². The molecule has 0 aliphatic carbocycles. The third-order valence-electron chi connectivity index (χ3n) is 2.10. The van der Waals surface area contributed by atoms with Gasteiger partial charge in [-0.25, -0.2) is 9.86 Å². The van der Waals surface area contributed by atoms with Crippen LogP contribution in [-0.4, -0.2) is 40.9 Å². The molecular formula is C8H18N2O4S. The lowest BCUT2D eigenvalue weighted by Gasteiger charge is -2.09. The summed E-state index contributed by atoms with van der Waals surface area (Å²) in [7, 11) is -3.56. The van der Waals surface area contributed by atoms with Crippen LogP contribution in [0.15, 0.2) is 0 Å². The van der Waals surface area contributed by atoms with E-state index in [0.717, 1.165) is 19.4 Å². The average Bonchev–Trinajstić information content (AvgIpc) is 2.61. The predicted molar refractivity (Wildman–Crippen MR) is 55.5 cm³/mol. The minimum Gasteiger partial charge on any atom is -0.379 e. The van der Waals surface area contributed by atoms with Gasteiger partial charge in [-0.3, -0.25) is 0 Å². The van der Waals surface area contributed by atoms with E-state index in [-0.39, 0.29) is 6.10 Å². The van der Waals surface area contributed by atoms with Gasteiger partial charge in [0.25, 0.3) is 10.2 Å². The number of hydrogen-bond donors (Lipinski definition) is 2. The van der Waals surface area contributed by atoms with Crippen molar-refractivity contribution in [2.75, 3.05) is 26.4 Å². The maximum absolute atomic E-state index is 10.5. The van der Waals surface area contributed by atoms with Crippen LogP contribution in [0.1, 0.15) is 19.3 Å². The lowest BCUT2D eigenvalue weighted by molar-refractivity contribution is 0.0169. The van der Waals surface area contributed by atoms with E-state index in [1.54, 1.807) is 0 Å². The summed E-state index contributed by atoms with van der Waals surface area (Å²) in [5.74, 6) is 0. The van der Waals surface area contributed by atoms with Gasteiger partial charge in [0.2, 0.25) is 0 Å². The van der Waals surface area contributed by atoms with E-state index in [4.69, 9.17) is 14.6 Å². The quantitative estimate of drug-likeness (QED) is 0.577. The molecule has 7 heteroatoms. The van der Waals surface area contributed by atoms with Crippen LogP contribution in [0, 0.1) is 0 Å². The van der Waals surface area contributed by atoms with Gasteiger partial charge in [0.15, 0.2) is 0 Å². The summed E-state index contributed by atoms with van der Waals surface area (Å²) in [5, 5.41) is 4.75. The van der Waals surface area contributed by atoms with Gasteiger partial charge in [0, 0.05) is 19.8 Å². The highest BCUT2D eigenvalue weighted by Gasteiger charge is 2.14. The average molecular weight is 238 g/mol. The predicted octanol–water partition coefficient (Wildman–Crippen LogP) is -0.635. The molecule has 0 spiro atoms. The maximum Gasteiger partial charge on any atom is 0.274 e. The maximum atomic E-state index is 10.5. The Hall–Kier alpha value is -0.210. The molecule has 1 fully saturated rings. The van der Waals surface area contributed by atoms with Gasteiger partial charge in [-0.1, -0.05) is 0 Å². The molecule has 0 amide bonds. The lowest BCUT2D eigenvalue weighted by atomic mass is 10.2. The minimum atomic E-state index is -3.56. The minimum absolute atomic E-state index is 0.219. The highest BCUT2D eigenvalue weighted by Crippen LogP contribution is 2.11. The Morgan fingerprint density at radius 1 is 1.53 bits per heavy atom. The zero-order valence-electron chi connectivity index (χ0n) is 8.65. The molecule has 1 unspecified atom stereocenters. The van der Waals surface area contributed by atoms with Crippen LogP contribution >= 0.6 is 0 Å². The van der Waals surface area contributed by atoms with Crippen molar-refractivity contribution in [2.45, 2.75) is 25.4 Å². The molecule has 1 atom stereocenters. The second-order valence-corrected chi connectivity index (χ2v) is 4.88. The number of rotatable bonds is 7. The third kappa shape index (κ3) is 6.80. The van der Waals surface area contributed by atoms with E-state index in [1.165, 1.54) is 0 Å². The molecule has 0 radical (unpaired) electrons. The summed E-state index contributed by atoms with van der Waals surface area (Å²) in [6, 6.07) is 0. The SMILES string of the molecule is NS(=O)(=O)NCCCOCC1CCCO1. The van der Waals surface area contributed by atoms with Crippen molar-refractivity contribution in [2.24, 2.45) is 5.14 Å². The van der Waals surface area contributed by atoms with E-state index in [0.29, 0.717) is 26.2 Å². The second kappa shape index (κ2) is 6.39. The van der Waals surface area contributed by atoms with Crippen LogP contribution in [0.3, 0.4) is 0 Å². The Morgan fingerprint density at radius 2 is 2.33 bits per heavy atom. The molecule has 0 aromatic rings. The van der Waals surface area contributed by atoms with Gasteiger partial charge in [-0.05, 0) is 19.3 Å². The van der Waals surface area contributed by atoms with Gasteiger partial charge in [0.05, 0.1) is 12.7 Å². The molecule has 0 aromatic carbocycles. The van der Waals surface area contributed by atoms with Crippen molar-refractivity contribution in [3.8, 4) is 0 Å². The topological polar surface area (TPSA) is 90.7 Å². The molecule has 1 heterocycles. The first-order valence-electron chi connectivity index (χ1n) is 5.04. The molecule has 6 nitrogen and oxygen atoms in total. The summed E-state index contributed by atoms with van der Waals surface area (Å²) in [6.07, 6.45) is 2.98. The third-order valence-corrected chi connectivity index (χ3v) is 2.70.